The van der Waals surface area contributed by atoms with Gasteiger partial charge in [0, 0.05) is 43.7 Å². The lowest BCUT2D eigenvalue weighted by atomic mass is 9.96. The lowest BCUT2D eigenvalue weighted by molar-refractivity contribution is 0.669. The maximum absolute atomic E-state index is 6.78. The molecule has 0 spiro atoms. The van der Waals surface area contributed by atoms with Gasteiger partial charge in [-0.2, -0.15) is 0 Å². The molecule has 0 radical (unpaired) electrons. The van der Waals surface area contributed by atoms with Crippen LogP contribution in [0.15, 0.2) is 185 Å². The highest BCUT2D eigenvalue weighted by atomic mass is 16.3. The minimum atomic E-state index is 0.859. The molecule has 2 heterocycles. The first-order chi connectivity index (χ1) is 25.3. The molecule has 0 aliphatic heterocycles. The quantitative estimate of drug-likeness (QED) is 0.190. The summed E-state index contributed by atoms with van der Waals surface area (Å²) in [6.45, 7) is 0. The molecule has 0 N–H and O–H groups in total. The molecule has 0 saturated heterocycles. The largest absolute Gasteiger partial charge is 0.456 e. The maximum Gasteiger partial charge on any atom is 0.143 e. The van der Waals surface area contributed by atoms with E-state index in [9.17, 15) is 0 Å². The first-order valence-electron chi connectivity index (χ1n) is 17.3. The van der Waals surface area contributed by atoms with E-state index in [4.69, 9.17) is 8.83 Å². The molecule has 9 aromatic carbocycles. The van der Waals surface area contributed by atoms with Crippen LogP contribution in [0.5, 0.6) is 0 Å². The fraction of sp³-hybridized carbons (Fsp3) is 0. The first-order valence-corrected chi connectivity index (χ1v) is 17.3. The Morgan fingerprint density at radius 3 is 1.71 bits per heavy atom. The number of nitrogens with zero attached hydrogens (tertiary/aromatic N) is 1. The second kappa shape index (κ2) is 10.8. The lowest BCUT2D eigenvalue weighted by Crippen LogP contribution is -2.10. The number of hydrogen-bond acceptors (Lipinski definition) is 3. The number of hydrogen-bond donors (Lipinski definition) is 0. The fourth-order valence-corrected chi connectivity index (χ4v) is 8.01. The van der Waals surface area contributed by atoms with Crippen molar-refractivity contribution in [1.29, 1.82) is 0 Å². The second-order valence-corrected chi connectivity index (χ2v) is 13.3. The van der Waals surface area contributed by atoms with Crippen molar-refractivity contribution in [1.82, 2.24) is 0 Å². The van der Waals surface area contributed by atoms with Crippen LogP contribution in [0.4, 0.5) is 17.1 Å². The highest BCUT2D eigenvalue weighted by Crippen LogP contribution is 2.47. The number of rotatable bonds is 4. The van der Waals surface area contributed by atoms with Crippen molar-refractivity contribution in [2.24, 2.45) is 0 Å². The van der Waals surface area contributed by atoms with Crippen LogP contribution in [0.2, 0.25) is 0 Å². The van der Waals surface area contributed by atoms with E-state index in [0.717, 1.165) is 82.8 Å². The molecule has 3 nitrogen and oxygen atoms in total. The van der Waals surface area contributed by atoms with E-state index in [2.05, 4.69) is 169 Å². The highest BCUT2D eigenvalue weighted by molar-refractivity contribution is 6.23. The average Bonchev–Trinajstić information content (AvgIpc) is 3.76. The zero-order chi connectivity index (χ0) is 33.5. The predicted molar refractivity (Wildman–Crippen MR) is 214 cm³/mol. The van der Waals surface area contributed by atoms with Crippen LogP contribution in [-0.2, 0) is 0 Å². The predicted octanol–water partition coefficient (Wildman–Crippen LogP) is 14.1. The Morgan fingerprint density at radius 2 is 0.961 bits per heavy atom. The average molecular weight is 652 g/mol. The first kappa shape index (κ1) is 28.0. The molecular weight excluding hydrogens is 623 g/mol. The number of para-hydroxylation sites is 1. The van der Waals surface area contributed by atoms with Crippen LogP contribution >= 0.6 is 0 Å². The summed E-state index contributed by atoms with van der Waals surface area (Å²) in [6.07, 6.45) is 0. The van der Waals surface area contributed by atoms with E-state index >= 15 is 0 Å². The molecule has 0 fully saturated rings. The Bertz CT molecular complexity index is 3090. The molecule has 11 aromatic rings. The normalized spacial score (nSPS) is 11.9. The van der Waals surface area contributed by atoms with Crippen LogP contribution in [0, 0.1) is 0 Å². The highest BCUT2D eigenvalue weighted by Gasteiger charge is 2.22. The molecule has 0 bridgehead atoms. The summed E-state index contributed by atoms with van der Waals surface area (Å²) in [4.78, 5) is 2.41. The van der Waals surface area contributed by atoms with Crippen molar-refractivity contribution in [2.45, 2.75) is 0 Å². The third kappa shape index (κ3) is 4.32. The third-order valence-electron chi connectivity index (χ3n) is 10.4. The van der Waals surface area contributed by atoms with Gasteiger partial charge in [-0.25, -0.2) is 0 Å². The molecule has 0 aliphatic rings. The Kier molecular flexibility index (Phi) is 5.96. The molecule has 0 atom stereocenters. The number of anilines is 3. The molecule has 51 heavy (non-hydrogen) atoms. The Labute approximate surface area is 293 Å². The van der Waals surface area contributed by atoms with Gasteiger partial charge in [0.25, 0.3) is 0 Å². The van der Waals surface area contributed by atoms with Gasteiger partial charge in [-0.3, -0.25) is 0 Å². The zero-order valence-corrected chi connectivity index (χ0v) is 27.5. The minimum absolute atomic E-state index is 0.859. The number of furan rings is 2. The van der Waals surface area contributed by atoms with E-state index in [1.165, 1.54) is 21.5 Å². The molecule has 0 aliphatic carbocycles. The molecule has 11 rings (SSSR count). The van der Waals surface area contributed by atoms with Gasteiger partial charge in [-0.05, 0) is 87.3 Å². The molecule has 0 unspecified atom stereocenters. The molecule has 238 valence electrons. The zero-order valence-electron chi connectivity index (χ0n) is 27.5. The lowest BCUT2D eigenvalue weighted by Gasteiger charge is -2.28. The van der Waals surface area contributed by atoms with E-state index in [-0.39, 0.29) is 0 Å². The summed E-state index contributed by atoms with van der Waals surface area (Å²) in [6, 6.07) is 62.7. The summed E-state index contributed by atoms with van der Waals surface area (Å²) in [5, 5.41) is 11.4. The van der Waals surface area contributed by atoms with E-state index < -0.39 is 0 Å². The van der Waals surface area contributed by atoms with Gasteiger partial charge in [0.05, 0.1) is 5.69 Å². The van der Waals surface area contributed by atoms with E-state index in [1.54, 1.807) is 0 Å². The van der Waals surface area contributed by atoms with Crippen LogP contribution in [0.1, 0.15) is 0 Å². The Balaban J connectivity index is 1.21. The summed E-state index contributed by atoms with van der Waals surface area (Å²) >= 11 is 0. The van der Waals surface area contributed by atoms with Gasteiger partial charge in [-0.1, -0.05) is 121 Å². The molecule has 3 heteroatoms. The smallest absolute Gasteiger partial charge is 0.143 e. The maximum atomic E-state index is 6.78. The minimum Gasteiger partial charge on any atom is -0.456 e. The van der Waals surface area contributed by atoms with E-state index in [0.29, 0.717) is 0 Å². The van der Waals surface area contributed by atoms with Crippen molar-refractivity contribution >= 4 is 93.3 Å². The number of benzene rings is 9. The van der Waals surface area contributed by atoms with Crippen molar-refractivity contribution in [3.63, 3.8) is 0 Å². The summed E-state index contributed by atoms with van der Waals surface area (Å²) in [7, 11) is 0. The molecular formula is C48H29NO2. The van der Waals surface area contributed by atoms with Gasteiger partial charge < -0.3 is 13.7 Å². The molecule has 2 aromatic heterocycles. The van der Waals surface area contributed by atoms with Gasteiger partial charge in [0.2, 0.25) is 0 Å². The molecule has 0 amide bonds. The molecule has 0 saturated carbocycles. The van der Waals surface area contributed by atoms with Crippen LogP contribution < -0.4 is 4.90 Å². The van der Waals surface area contributed by atoms with Gasteiger partial charge in [0.15, 0.2) is 0 Å². The topological polar surface area (TPSA) is 29.5 Å². The van der Waals surface area contributed by atoms with Crippen molar-refractivity contribution in [2.75, 3.05) is 4.90 Å². The van der Waals surface area contributed by atoms with Crippen LogP contribution in [0.25, 0.3) is 87.3 Å². The van der Waals surface area contributed by atoms with Crippen molar-refractivity contribution < 1.29 is 8.83 Å². The van der Waals surface area contributed by atoms with Gasteiger partial charge in [-0.15, -0.1) is 0 Å². The summed E-state index contributed by atoms with van der Waals surface area (Å²) in [5.74, 6) is 0. The Morgan fingerprint density at radius 1 is 0.353 bits per heavy atom. The summed E-state index contributed by atoms with van der Waals surface area (Å²) in [5.41, 5.74) is 9.00. The van der Waals surface area contributed by atoms with Gasteiger partial charge in [0.1, 0.15) is 22.3 Å². The van der Waals surface area contributed by atoms with E-state index in [1.807, 2.05) is 12.1 Å². The standard InChI is InChI=1S/C48H29NO2/c1-3-12-32-26-35(23-20-30(32)10-1)49(36-24-21-31-11-2-4-13-33(31)27-36)43-29-42-47-37(17-9-19-45(47)51-48(42)41-16-6-5-14-38(41)43)34-22-25-40-39-15-7-8-18-44(39)50-46(40)28-34/h1-29H. The van der Waals surface area contributed by atoms with Crippen molar-refractivity contribution in [3.05, 3.63) is 176 Å². The SMILES string of the molecule is c1ccc2cc(N(c3ccc4ccccc4c3)c3cc4c(oc5cccc(-c6ccc7c(c6)oc6ccccc67)c54)c4ccccc34)ccc2c1. The van der Waals surface area contributed by atoms with Crippen LogP contribution in [0.3, 0.4) is 0 Å². The number of fused-ring (bicyclic) bond motifs is 10. The van der Waals surface area contributed by atoms with Crippen LogP contribution in [-0.4, -0.2) is 0 Å². The summed E-state index contributed by atoms with van der Waals surface area (Å²) < 4.78 is 13.1. The fourth-order valence-electron chi connectivity index (χ4n) is 8.01. The Hall–Kier alpha value is -6.84. The monoisotopic (exact) mass is 651 g/mol. The third-order valence-corrected chi connectivity index (χ3v) is 10.4. The van der Waals surface area contributed by atoms with Crippen molar-refractivity contribution in [3.8, 4) is 11.1 Å². The van der Waals surface area contributed by atoms with Gasteiger partial charge >= 0.3 is 0 Å². The second-order valence-electron chi connectivity index (χ2n) is 13.3.